The normalized spacial score (nSPS) is 11.7. The maximum atomic E-state index is 13.0. The van der Waals surface area contributed by atoms with E-state index in [0.717, 1.165) is 16.3 Å². The highest BCUT2D eigenvalue weighted by molar-refractivity contribution is 6.01. The van der Waals surface area contributed by atoms with Crippen LogP contribution in [0.15, 0.2) is 103 Å². The first kappa shape index (κ1) is 28.2. The van der Waals surface area contributed by atoms with Crippen LogP contribution in [0.25, 0.3) is 10.8 Å². The summed E-state index contributed by atoms with van der Waals surface area (Å²) in [6, 6.07) is 27.8. The molecule has 8 heteroatoms. The van der Waals surface area contributed by atoms with E-state index in [2.05, 4.69) is 10.6 Å². The molecule has 0 radical (unpaired) electrons. The summed E-state index contributed by atoms with van der Waals surface area (Å²) < 4.78 is 11.3. The van der Waals surface area contributed by atoms with E-state index in [9.17, 15) is 9.59 Å². The van der Waals surface area contributed by atoms with Gasteiger partial charge in [0.25, 0.3) is 0 Å². The molecule has 4 aromatic rings. The summed E-state index contributed by atoms with van der Waals surface area (Å²) in [6.45, 7) is 0.121. The van der Waals surface area contributed by atoms with Crippen molar-refractivity contribution >= 4 is 39.8 Å². The molecule has 0 aliphatic heterocycles. The predicted molar refractivity (Wildman–Crippen MR) is 158 cm³/mol. The topological polar surface area (TPSA) is 123 Å². The zero-order valence-electron chi connectivity index (χ0n) is 22.1. The zero-order chi connectivity index (χ0) is 28.2. The quantitative estimate of drug-likeness (QED) is 0.0932. The number of anilines is 3. The number of rotatable bonds is 12. The number of aliphatic hydroxyl groups is 1. The summed E-state index contributed by atoms with van der Waals surface area (Å²) in [5, 5.41) is 16.6. The third kappa shape index (κ3) is 8.09. The molecule has 0 bridgehead atoms. The van der Waals surface area contributed by atoms with Gasteiger partial charge in [0.1, 0.15) is 18.5 Å². The summed E-state index contributed by atoms with van der Waals surface area (Å²) in [6.07, 6.45) is 4.01. The molecular formula is C32H33N3O5. The number of benzene rings is 4. The van der Waals surface area contributed by atoms with Gasteiger partial charge in [-0.05, 0) is 66.6 Å². The van der Waals surface area contributed by atoms with Crippen molar-refractivity contribution in [1.82, 2.24) is 0 Å². The van der Waals surface area contributed by atoms with Crippen LogP contribution >= 0.6 is 0 Å². The van der Waals surface area contributed by atoms with Crippen molar-refractivity contribution in [2.45, 2.75) is 25.4 Å². The van der Waals surface area contributed by atoms with Gasteiger partial charge in [-0.3, -0.25) is 10.1 Å². The van der Waals surface area contributed by atoms with Gasteiger partial charge in [0.05, 0.1) is 23.7 Å². The minimum absolute atomic E-state index is 0.0773. The Morgan fingerprint density at radius 1 is 0.875 bits per heavy atom. The average molecular weight is 540 g/mol. The molecule has 0 aromatic heterocycles. The highest BCUT2D eigenvalue weighted by atomic mass is 16.6. The number of hydrogen-bond donors (Lipinski definition) is 4. The molecule has 2 amide bonds. The summed E-state index contributed by atoms with van der Waals surface area (Å²) in [5.74, 6) is 0.350. The molecule has 0 aliphatic carbocycles. The maximum absolute atomic E-state index is 13.0. The van der Waals surface area contributed by atoms with E-state index < -0.39 is 12.2 Å². The fourth-order valence-corrected chi connectivity index (χ4v) is 4.24. The van der Waals surface area contributed by atoms with Crippen molar-refractivity contribution in [3.63, 3.8) is 0 Å². The fourth-order valence-electron chi connectivity index (χ4n) is 4.24. The molecule has 5 N–H and O–H groups in total. The molecule has 0 saturated carbocycles. The molecule has 40 heavy (non-hydrogen) atoms. The van der Waals surface area contributed by atoms with Crippen LogP contribution in [0.3, 0.4) is 0 Å². The van der Waals surface area contributed by atoms with Gasteiger partial charge in [0, 0.05) is 5.39 Å². The second-order valence-electron chi connectivity index (χ2n) is 9.10. The van der Waals surface area contributed by atoms with Crippen LogP contribution in [0.2, 0.25) is 0 Å². The van der Waals surface area contributed by atoms with E-state index in [0.29, 0.717) is 42.1 Å². The number of nitrogens with one attached hydrogen (secondary N) is 2. The first-order valence-electron chi connectivity index (χ1n) is 13.1. The van der Waals surface area contributed by atoms with Crippen LogP contribution in [-0.4, -0.2) is 30.3 Å². The van der Waals surface area contributed by atoms with Crippen LogP contribution in [0.1, 0.15) is 30.9 Å². The fraction of sp³-hybridized carbons (Fsp3) is 0.188. The van der Waals surface area contributed by atoms with E-state index in [-0.39, 0.29) is 19.1 Å². The number of unbranched alkanes of at least 4 members (excludes halogenated alkanes) is 1. The largest absolute Gasteiger partial charge is 0.491 e. The monoisotopic (exact) mass is 539 g/mol. The standard InChI is InChI=1S/C32H33N3O5/c33-27-12-6-7-13-29(27)34-31(37)16-3-1-2-15-30(24-17-19-25(20-18-24)39-22-21-36)40-32(38)35-28-14-8-10-23-9-4-5-11-26(23)28/h3-14,16-20,30,36H,1-2,15,21-22,33H2,(H,34,37)(H,35,38)/b16-3+/t30-/m0/s1. The van der Waals surface area contributed by atoms with E-state index in [1.165, 1.54) is 6.08 Å². The van der Waals surface area contributed by atoms with Crippen LogP contribution in [0.5, 0.6) is 5.75 Å². The van der Waals surface area contributed by atoms with Gasteiger partial charge >= 0.3 is 6.09 Å². The van der Waals surface area contributed by atoms with Gasteiger partial charge in [-0.15, -0.1) is 0 Å². The van der Waals surface area contributed by atoms with Crippen molar-refractivity contribution in [3.8, 4) is 5.75 Å². The number of fused-ring (bicyclic) bond motifs is 1. The molecule has 8 nitrogen and oxygen atoms in total. The summed E-state index contributed by atoms with van der Waals surface area (Å²) >= 11 is 0. The molecule has 0 aliphatic rings. The van der Waals surface area contributed by atoms with Gasteiger partial charge < -0.3 is 25.6 Å². The minimum atomic E-state index is -0.558. The molecule has 0 heterocycles. The number of carbonyl (C=O) groups is 2. The van der Waals surface area contributed by atoms with Gasteiger partial charge in [-0.2, -0.15) is 0 Å². The molecule has 4 rings (SSSR count). The van der Waals surface area contributed by atoms with Crippen molar-refractivity contribution < 1.29 is 24.2 Å². The zero-order valence-corrected chi connectivity index (χ0v) is 22.1. The van der Waals surface area contributed by atoms with Crippen molar-refractivity contribution in [2.75, 3.05) is 29.6 Å². The van der Waals surface area contributed by atoms with Crippen LogP contribution in [0.4, 0.5) is 21.9 Å². The Labute approximate surface area is 233 Å². The Kier molecular flexibility index (Phi) is 10.1. The average Bonchev–Trinajstić information content (AvgIpc) is 2.97. The molecule has 0 saturated heterocycles. The molecule has 4 aromatic carbocycles. The Hall–Kier alpha value is -4.82. The SMILES string of the molecule is Nc1ccccc1NC(=O)/C=C/CCC[C@H](OC(=O)Nc1cccc2ccccc12)c1ccc(OCCO)cc1. The molecule has 0 spiro atoms. The van der Waals surface area contributed by atoms with E-state index >= 15 is 0 Å². The number of allylic oxidation sites excluding steroid dienone is 1. The Bertz CT molecular complexity index is 1450. The van der Waals surface area contributed by atoms with Crippen LogP contribution in [-0.2, 0) is 9.53 Å². The number of carbonyl (C=O) groups excluding carboxylic acids is 2. The van der Waals surface area contributed by atoms with Crippen LogP contribution < -0.4 is 21.1 Å². The number of aliphatic hydroxyl groups excluding tert-OH is 1. The lowest BCUT2D eigenvalue weighted by atomic mass is 10.0. The first-order chi connectivity index (χ1) is 19.5. The number of amides is 2. The summed E-state index contributed by atoms with van der Waals surface area (Å²) in [4.78, 5) is 25.2. The van der Waals surface area contributed by atoms with E-state index in [1.54, 1.807) is 42.5 Å². The number of nitrogen functional groups attached to an aromatic ring is 1. The third-order valence-corrected chi connectivity index (χ3v) is 6.21. The Balaban J connectivity index is 1.38. The Morgan fingerprint density at radius 3 is 2.40 bits per heavy atom. The lowest BCUT2D eigenvalue weighted by Crippen LogP contribution is -2.18. The Morgan fingerprint density at radius 2 is 1.60 bits per heavy atom. The maximum Gasteiger partial charge on any atom is 0.412 e. The smallest absolute Gasteiger partial charge is 0.412 e. The van der Waals surface area contributed by atoms with Gasteiger partial charge in [-0.25, -0.2) is 4.79 Å². The first-order valence-corrected chi connectivity index (χ1v) is 13.1. The number of para-hydroxylation sites is 2. The number of nitrogens with two attached hydrogens (primary N) is 1. The predicted octanol–water partition coefficient (Wildman–Crippen LogP) is 6.45. The third-order valence-electron chi connectivity index (χ3n) is 6.21. The highest BCUT2D eigenvalue weighted by Crippen LogP contribution is 2.28. The molecule has 1 atom stereocenters. The lowest BCUT2D eigenvalue weighted by Gasteiger charge is -2.19. The second kappa shape index (κ2) is 14.4. The van der Waals surface area contributed by atoms with Gasteiger partial charge in [0.15, 0.2) is 0 Å². The van der Waals surface area contributed by atoms with Crippen molar-refractivity contribution in [3.05, 3.63) is 109 Å². The van der Waals surface area contributed by atoms with E-state index in [1.807, 2.05) is 54.6 Å². The van der Waals surface area contributed by atoms with Crippen molar-refractivity contribution in [2.24, 2.45) is 0 Å². The van der Waals surface area contributed by atoms with Gasteiger partial charge in [0.2, 0.25) is 5.91 Å². The second-order valence-corrected chi connectivity index (χ2v) is 9.10. The summed E-state index contributed by atoms with van der Waals surface area (Å²) in [5.41, 5.74) is 8.42. The van der Waals surface area contributed by atoms with Crippen LogP contribution in [0, 0.1) is 0 Å². The molecule has 0 unspecified atom stereocenters. The molecule has 0 fully saturated rings. The number of hydrogen-bond acceptors (Lipinski definition) is 6. The minimum Gasteiger partial charge on any atom is -0.491 e. The lowest BCUT2D eigenvalue weighted by molar-refractivity contribution is -0.111. The van der Waals surface area contributed by atoms with Crippen molar-refractivity contribution in [1.29, 1.82) is 0 Å². The van der Waals surface area contributed by atoms with Gasteiger partial charge in [-0.1, -0.05) is 66.7 Å². The van der Waals surface area contributed by atoms with E-state index in [4.69, 9.17) is 20.3 Å². The number of ether oxygens (including phenoxy) is 2. The molecular weight excluding hydrogens is 506 g/mol. The molecule has 206 valence electrons. The highest BCUT2D eigenvalue weighted by Gasteiger charge is 2.18. The summed E-state index contributed by atoms with van der Waals surface area (Å²) in [7, 11) is 0.